The van der Waals surface area contributed by atoms with Crippen LogP contribution in [0.15, 0.2) is 51.9 Å². The van der Waals surface area contributed by atoms with Crippen molar-refractivity contribution >= 4 is 28.2 Å². The molecule has 0 aliphatic carbocycles. The van der Waals surface area contributed by atoms with Crippen molar-refractivity contribution in [2.24, 2.45) is 5.92 Å². The molecule has 1 saturated heterocycles. The molecule has 5 rings (SSSR count). The van der Waals surface area contributed by atoms with Crippen LogP contribution < -0.4 is 10.3 Å². The molecule has 33 heavy (non-hydrogen) atoms. The van der Waals surface area contributed by atoms with E-state index in [4.69, 9.17) is 16.1 Å². The first kappa shape index (κ1) is 21.6. The van der Waals surface area contributed by atoms with Gasteiger partial charge in [-0.3, -0.25) is 4.79 Å². The molecule has 1 aliphatic rings. The number of piperidine rings is 1. The first-order valence-corrected chi connectivity index (χ1v) is 11.5. The molecule has 0 N–H and O–H groups in total. The van der Waals surface area contributed by atoms with E-state index in [0.717, 1.165) is 25.9 Å². The van der Waals surface area contributed by atoms with Gasteiger partial charge in [-0.25, -0.2) is 4.39 Å². The fourth-order valence-electron chi connectivity index (χ4n) is 4.38. The van der Waals surface area contributed by atoms with Crippen molar-refractivity contribution in [1.82, 2.24) is 14.7 Å². The normalized spacial score (nSPS) is 14.8. The highest BCUT2D eigenvalue weighted by Crippen LogP contribution is 2.30. The van der Waals surface area contributed by atoms with Crippen LogP contribution in [0.2, 0.25) is 5.02 Å². The zero-order valence-corrected chi connectivity index (χ0v) is 19.3. The summed E-state index contributed by atoms with van der Waals surface area (Å²) >= 11 is 6.06. The Kier molecular flexibility index (Phi) is 5.66. The molecule has 0 atom stereocenters. The highest BCUT2D eigenvalue weighted by molar-refractivity contribution is 6.30. The molecule has 4 aromatic rings. The van der Waals surface area contributed by atoms with Crippen molar-refractivity contribution in [2.45, 2.75) is 33.2 Å². The van der Waals surface area contributed by atoms with E-state index in [2.05, 4.69) is 22.0 Å². The topological polar surface area (TPSA) is 64.2 Å². The van der Waals surface area contributed by atoms with Crippen LogP contribution in [-0.4, -0.2) is 27.8 Å². The minimum Gasteiger partial charge on any atom is -0.369 e. The maximum atomic E-state index is 15.2. The molecular formula is C25H24ClFN4O2. The van der Waals surface area contributed by atoms with Gasteiger partial charge in [0.05, 0.1) is 11.2 Å². The van der Waals surface area contributed by atoms with Gasteiger partial charge in [-0.15, -0.1) is 0 Å². The number of hydrogen-bond acceptors (Lipinski definition) is 5. The molecule has 0 spiro atoms. The Labute approximate surface area is 195 Å². The minimum atomic E-state index is -0.390. The number of halogens is 2. The lowest BCUT2D eigenvalue weighted by Crippen LogP contribution is -2.33. The van der Waals surface area contributed by atoms with Gasteiger partial charge in [0.1, 0.15) is 11.4 Å². The highest BCUT2D eigenvalue weighted by Gasteiger charge is 2.22. The van der Waals surface area contributed by atoms with Gasteiger partial charge in [-0.2, -0.15) is 4.98 Å². The number of aryl methyl sites for hydroxylation is 1. The summed E-state index contributed by atoms with van der Waals surface area (Å²) in [7, 11) is 0. The average molecular weight is 467 g/mol. The summed E-state index contributed by atoms with van der Waals surface area (Å²) in [4.78, 5) is 19.8. The number of pyridine rings is 1. The Morgan fingerprint density at radius 1 is 1.21 bits per heavy atom. The number of aromatic nitrogens is 3. The summed E-state index contributed by atoms with van der Waals surface area (Å²) < 4.78 is 22.5. The van der Waals surface area contributed by atoms with E-state index in [-0.39, 0.29) is 22.7 Å². The molecule has 0 unspecified atom stereocenters. The number of benzene rings is 2. The van der Waals surface area contributed by atoms with E-state index in [1.807, 2.05) is 17.6 Å². The molecule has 170 valence electrons. The Balaban J connectivity index is 1.60. The van der Waals surface area contributed by atoms with Crippen LogP contribution in [0.25, 0.3) is 33.7 Å². The molecule has 1 fully saturated rings. The summed E-state index contributed by atoms with van der Waals surface area (Å²) in [5.41, 5.74) is 1.82. The summed E-state index contributed by atoms with van der Waals surface area (Å²) in [6, 6.07) is 10.2. The van der Waals surface area contributed by atoms with Gasteiger partial charge >= 0.3 is 0 Å². The Morgan fingerprint density at radius 3 is 2.73 bits per heavy atom. The predicted molar refractivity (Wildman–Crippen MR) is 128 cm³/mol. The zero-order valence-electron chi connectivity index (χ0n) is 18.5. The van der Waals surface area contributed by atoms with Crippen molar-refractivity contribution in [3.63, 3.8) is 0 Å². The second kappa shape index (κ2) is 8.63. The lowest BCUT2D eigenvalue weighted by molar-refractivity contribution is 0.431. The summed E-state index contributed by atoms with van der Waals surface area (Å²) in [5, 5.41) is 4.85. The fourth-order valence-corrected chi connectivity index (χ4v) is 4.57. The molecular weight excluding hydrogens is 443 g/mol. The molecule has 0 saturated carbocycles. The summed E-state index contributed by atoms with van der Waals surface area (Å²) in [6.45, 7) is 6.42. The smallest absolute Gasteiger partial charge is 0.263 e. The third-order valence-corrected chi connectivity index (χ3v) is 6.59. The highest BCUT2D eigenvalue weighted by atomic mass is 35.5. The third-order valence-electron chi connectivity index (χ3n) is 6.35. The third kappa shape index (κ3) is 4.02. The fraction of sp³-hybridized carbons (Fsp3) is 0.320. The second-order valence-corrected chi connectivity index (χ2v) is 9.02. The first-order chi connectivity index (χ1) is 15.9. The molecule has 1 aliphatic heterocycles. The molecule has 6 nitrogen and oxygen atoms in total. The second-order valence-electron chi connectivity index (χ2n) is 8.58. The van der Waals surface area contributed by atoms with E-state index in [0.29, 0.717) is 45.5 Å². The van der Waals surface area contributed by atoms with Gasteiger partial charge in [-0.1, -0.05) is 35.8 Å². The van der Waals surface area contributed by atoms with Crippen molar-refractivity contribution < 1.29 is 8.91 Å². The number of fused-ring (bicyclic) bond motifs is 1. The van der Waals surface area contributed by atoms with Crippen LogP contribution >= 0.6 is 11.6 Å². The van der Waals surface area contributed by atoms with Crippen molar-refractivity contribution in [1.29, 1.82) is 0 Å². The largest absolute Gasteiger partial charge is 0.369 e. The van der Waals surface area contributed by atoms with Crippen molar-refractivity contribution in [2.75, 3.05) is 18.0 Å². The standard InChI is InChI=1S/C25H24ClFN4O2/c1-3-30-14-19(25-28-24(29-33-25)16-5-4-6-17(26)11-16)23(32)18-12-20(27)22(13-21(18)30)31-9-7-15(2)8-10-31/h4-6,11-15H,3,7-10H2,1-2H3. The lowest BCUT2D eigenvalue weighted by Gasteiger charge is -2.32. The van der Waals surface area contributed by atoms with E-state index in [1.165, 1.54) is 6.07 Å². The molecule has 2 aromatic heterocycles. The van der Waals surface area contributed by atoms with Crippen molar-refractivity contribution in [3.8, 4) is 22.8 Å². The van der Waals surface area contributed by atoms with Crippen LogP contribution in [0.4, 0.5) is 10.1 Å². The number of anilines is 1. The van der Waals surface area contributed by atoms with E-state index in [9.17, 15) is 4.79 Å². The molecule has 0 radical (unpaired) electrons. The van der Waals surface area contributed by atoms with Gasteiger partial charge in [0.25, 0.3) is 5.89 Å². The quantitative estimate of drug-likeness (QED) is 0.382. The van der Waals surface area contributed by atoms with Crippen molar-refractivity contribution in [3.05, 3.63) is 63.7 Å². The molecule has 0 amide bonds. The van der Waals surface area contributed by atoms with Crippen LogP contribution in [0.3, 0.4) is 0 Å². The first-order valence-electron chi connectivity index (χ1n) is 11.2. The maximum Gasteiger partial charge on any atom is 0.263 e. The SMILES string of the molecule is CCn1cc(-c2nc(-c3cccc(Cl)c3)no2)c(=O)c2cc(F)c(N3CCC(C)CC3)cc21. The molecule has 2 aromatic carbocycles. The summed E-state index contributed by atoms with van der Waals surface area (Å²) in [5.74, 6) is 0.677. The Bertz CT molecular complexity index is 1390. The van der Waals surface area contributed by atoms with Gasteiger partial charge in [0.2, 0.25) is 11.3 Å². The van der Waals surface area contributed by atoms with E-state index in [1.54, 1.807) is 30.5 Å². The Hall–Kier alpha value is -3.19. The van der Waals surface area contributed by atoms with E-state index >= 15 is 4.39 Å². The van der Waals surface area contributed by atoms with E-state index < -0.39 is 0 Å². The monoisotopic (exact) mass is 466 g/mol. The molecule has 3 heterocycles. The number of hydrogen-bond donors (Lipinski definition) is 0. The number of nitrogens with zero attached hydrogens (tertiary/aromatic N) is 4. The van der Waals surface area contributed by atoms with Crippen LogP contribution in [0.1, 0.15) is 26.7 Å². The Morgan fingerprint density at radius 2 is 2.00 bits per heavy atom. The maximum absolute atomic E-state index is 15.2. The minimum absolute atomic E-state index is 0.0913. The molecule has 8 heteroatoms. The predicted octanol–water partition coefficient (Wildman–Crippen LogP) is 5.77. The lowest BCUT2D eigenvalue weighted by atomic mass is 9.98. The van der Waals surface area contributed by atoms with Gasteiger partial charge in [0.15, 0.2) is 0 Å². The van der Waals surface area contributed by atoms with Crippen LogP contribution in [-0.2, 0) is 6.54 Å². The van der Waals surface area contributed by atoms with Crippen LogP contribution in [0, 0.1) is 11.7 Å². The molecule has 0 bridgehead atoms. The van der Waals surface area contributed by atoms with Gasteiger partial charge in [-0.05, 0) is 49.9 Å². The van der Waals surface area contributed by atoms with Gasteiger partial charge in [0, 0.05) is 41.8 Å². The number of rotatable bonds is 4. The zero-order chi connectivity index (χ0) is 23.1. The van der Waals surface area contributed by atoms with Gasteiger partial charge < -0.3 is 14.0 Å². The average Bonchev–Trinajstić information content (AvgIpc) is 3.30. The van der Waals surface area contributed by atoms with Crippen LogP contribution in [0.5, 0.6) is 0 Å². The summed E-state index contributed by atoms with van der Waals surface area (Å²) in [6.07, 6.45) is 3.77.